The van der Waals surface area contributed by atoms with Crippen molar-refractivity contribution in [3.63, 3.8) is 0 Å². The molecule has 0 saturated carbocycles. The van der Waals surface area contributed by atoms with Gasteiger partial charge in [-0.1, -0.05) is 54.6 Å². The zero-order valence-electron chi connectivity index (χ0n) is 25.3. The number of rotatable bonds is 6. The molecule has 7 aromatic carbocycles. The number of carboxylic acids is 2. The average molecular weight is 627 g/mol. The first-order chi connectivity index (χ1) is 23.4. The van der Waals surface area contributed by atoms with Crippen LogP contribution >= 0.6 is 0 Å². The molecule has 0 aliphatic carbocycles. The summed E-state index contributed by atoms with van der Waals surface area (Å²) in [7, 11) is 0. The van der Waals surface area contributed by atoms with Gasteiger partial charge < -0.3 is 19.9 Å². The van der Waals surface area contributed by atoms with Crippen molar-refractivity contribution in [1.82, 2.24) is 0 Å². The van der Waals surface area contributed by atoms with Crippen molar-refractivity contribution in [2.75, 3.05) is 5.32 Å². The fraction of sp³-hybridized carbons (Fsp3) is 0. The van der Waals surface area contributed by atoms with E-state index in [1.54, 1.807) is 6.07 Å². The number of benzene rings is 7. The Kier molecular flexibility index (Phi) is 6.92. The van der Waals surface area contributed by atoms with E-state index in [0.717, 1.165) is 44.0 Å². The van der Waals surface area contributed by atoms with Crippen LogP contribution in [-0.2, 0) is 0 Å². The van der Waals surface area contributed by atoms with E-state index >= 15 is 0 Å². The van der Waals surface area contributed by atoms with Gasteiger partial charge in [-0.3, -0.25) is 0 Å². The number of aromatic carboxylic acids is 2. The standard InChI is InChI=1S/C41H26N2O5/c44-40(45)26-13-16-33(36(23-26)41(46)47)37-34-17-11-24-21-29(42-27-7-3-1-4-8-27)14-19-31(24)38(34)48-39-32-20-15-30(22-25(32)12-18-35(37)39)43-28-9-5-2-6-10-28/h1-23,42H,(H,44,45)(H,46,47)/b43-30-. The van der Waals surface area contributed by atoms with Crippen LogP contribution in [0.4, 0.5) is 17.1 Å². The SMILES string of the molecule is O=C(O)c1ccc(-c2c3ccc4cc(Nc5ccccc5)ccc4c3oc3c2ccc2c/c(=N\c4ccccc4)ccc23)c(C(=O)O)c1. The van der Waals surface area contributed by atoms with Crippen LogP contribution in [0.25, 0.3) is 54.6 Å². The Bertz CT molecular complexity index is 2650. The number of hydrogen-bond donors (Lipinski definition) is 3. The van der Waals surface area contributed by atoms with Crippen molar-refractivity contribution in [2.45, 2.75) is 0 Å². The summed E-state index contributed by atoms with van der Waals surface area (Å²) < 4.78 is 6.82. The van der Waals surface area contributed by atoms with Gasteiger partial charge in [-0.05, 0) is 101 Å². The average Bonchev–Trinajstić information content (AvgIpc) is 3.11. The van der Waals surface area contributed by atoms with E-state index in [0.29, 0.717) is 33.1 Å². The maximum atomic E-state index is 12.6. The molecule has 0 spiro atoms. The van der Waals surface area contributed by atoms with Crippen molar-refractivity contribution in [1.29, 1.82) is 0 Å². The van der Waals surface area contributed by atoms with Crippen molar-refractivity contribution >= 4 is 72.5 Å². The molecule has 0 saturated heterocycles. The molecule has 0 bridgehead atoms. The molecule has 0 fully saturated rings. The van der Waals surface area contributed by atoms with Gasteiger partial charge in [-0.25, -0.2) is 14.6 Å². The normalized spacial score (nSPS) is 11.8. The van der Waals surface area contributed by atoms with E-state index in [1.807, 2.05) is 121 Å². The predicted molar refractivity (Wildman–Crippen MR) is 189 cm³/mol. The Morgan fingerprint density at radius 3 is 1.85 bits per heavy atom. The number of nitrogens with one attached hydrogen (secondary N) is 1. The van der Waals surface area contributed by atoms with Crippen molar-refractivity contribution < 1.29 is 24.2 Å². The van der Waals surface area contributed by atoms with E-state index in [2.05, 4.69) is 5.32 Å². The van der Waals surface area contributed by atoms with Gasteiger partial charge in [-0.15, -0.1) is 0 Å². The molecule has 230 valence electrons. The van der Waals surface area contributed by atoms with Gasteiger partial charge in [-0.2, -0.15) is 0 Å². The molecule has 3 N–H and O–H groups in total. The molecule has 0 aliphatic rings. The third kappa shape index (κ3) is 5.09. The van der Waals surface area contributed by atoms with Gasteiger partial charge in [0.15, 0.2) is 0 Å². The highest BCUT2D eigenvalue weighted by Gasteiger charge is 2.22. The lowest BCUT2D eigenvalue weighted by Gasteiger charge is -2.16. The highest BCUT2D eigenvalue weighted by atomic mass is 16.4. The summed E-state index contributed by atoms with van der Waals surface area (Å²) in [6, 6.07) is 43.6. The topological polar surface area (TPSA) is 112 Å². The number of carboxylic acid groups (broad SMARTS) is 2. The second-order valence-corrected chi connectivity index (χ2v) is 11.5. The molecule has 8 rings (SSSR count). The summed E-state index contributed by atoms with van der Waals surface area (Å²) in [4.78, 5) is 29.2. The lowest BCUT2D eigenvalue weighted by atomic mass is 9.90. The minimum atomic E-state index is -1.22. The van der Waals surface area contributed by atoms with Crippen LogP contribution in [0, 0.1) is 0 Å². The Hall–Kier alpha value is -6.73. The van der Waals surface area contributed by atoms with E-state index in [9.17, 15) is 19.8 Å². The predicted octanol–water partition coefficient (Wildman–Crippen LogP) is 9.93. The smallest absolute Gasteiger partial charge is 0.336 e. The van der Waals surface area contributed by atoms with E-state index < -0.39 is 11.9 Å². The van der Waals surface area contributed by atoms with Crippen LogP contribution in [0.15, 0.2) is 149 Å². The van der Waals surface area contributed by atoms with Crippen LogP contribution in [0.5, 0.6) is 0 Å². The molecule has 1 aromatic heterocycles. The molecule has 0 radical (unpaired) electrons. The summed E-state index contributed by atoms with van der Waals surface area (Å²) in [5, 5.41) is 29.1. The van der Waals surface area contributed by atoms with Crippen molar-refractivity contribution in [3.05, 3.63) is 156 Å². The van der Waals surface area contributed by atoms with Crippen LogP contribution < -0.4 is 10.7 Å². The molecular formula is C41H26N2O5. The number of fused-ring (bicyclic) bond motifs is 6. The van der Waals surface area contributed by atoms with Crippen molar-refractivity contribution in [3.8, 4) is 11.1 Å². The second kappa shape index (κ2) is 11.6. The van der Waals surface area contributed by atoms with E-state index in [-0.39, 0.29) is 11.1 Å². The summed E-state index contributed by atoms with van der Waals surface area (Å²) in [5.41, 5.74) is 4.72. The zero-order valence-corrected chi connectivity index (χ0v) is 25.3. The minimum Gasteiger partial charge on any atom is -0.478 e. The molecule has 1 heterocycles. The quantitative estimate of drug-likeness (QED) is 0.125. The number of anilines is 2. The van der Waals surface area contributed by atoms with Crippen LogP contribution in [0.2, 0.25) is 0 Å². The molecule has 0 unspecified atom stereocenters. The third-order valence-electron chi connectivity index (χ3n) is 8.51. The van der Waals surface area contributed by atoms with Crippen LogP contribution in [0.3, 0.4) is 0 Å². The molecule has 7 heteroatoms. The first-order valence-corrected chi connectivity index (χ1v) is 15.3. The fourth-order valence-corrected chi connectivity index (χ4v) is 6.30. The number of carbonyl (C=O) groups is 2. The number of hydrogen-bond acceptors (Lipinski definition) is 5. The third-order valence-corrected chi connectivity index (χ3v) is 8.51. The molecule has 0 amide bonds. The first kappa shape index (κ1) is 28.7. The number of nitrogens with zero attached hydrogens (tertiary/aromatic N) is 1. The molecular weight excluding hydrogens is 600 g/mol. The summed E-state index contributed by atoms with van der Waals surface area (Å²) in [5.74, 6) is -2.42. The Balaban J connectivity index is 1.42. The van der Waals surface area contributed by atoms with Gasteiger partial charge in [0, 0.05) is 38.5 Å². The minimum absolute atomic E-state index is 0.102. The molecule has 8 aromatic rings. The Morgan fingerprint density at radius 2 is 1.19 bits per heavy atom. The zero-order chi connectivity index (χ0) is 32.8. The maximum absolute atomic E-state index is 12.6. The van der Waals surface area contributed by atoms with Gasteiger partial charge in [0.2, 0.25) is 0 Å². The Labute approximate surface area is 273 Å². The molecule has 0 aliphatic heterocycles. The van der Waals surface area contributed by atoms with Gasteiger partial charge >= 0.3 is 11.9 Å². The molecule has 48 heavy (non-hydrogen) atoms. The summed E-state index contributed by atoms with van der Waals surface area (Å²) in [6.07, 6.45) is 0. The second-order valence-electron chi connectivity index (χ2n) is 11.5. The maximum Gasteiger partial charge on any atom is 0.336 e. The van der Waals surface area contributed by atoms with E-state index in [1.165, 1.54) is 12.1 Å². The first-order valence-electron chi connectivity index (χ1n) is 15.3. The van der Waals surface area contributed by atoms with Crippen LogP contribution in [-0.4, -0.2) is 22.2 Å². The van der Waals surface area contributed by atoms with Gasteiger partial charge in [0.25, 0.3) is 0 Å². The largest absolute Gasteiger partial charge is 0.478 e. The van der Waals surface area contributed by atoms with Crippen LogP contribution in [0.1, 0.15) is 20.7 Å². The summed E-state index contributed by atoms with van der Waals surface area (Å²) in [6.45, 7) is 0. The molecule has 7 nitrogen and oxygen atoms in total. The lowest BCUT2D eigenvalue weighted by Crippen LogP contribution is -2.05. The van der Waals surface area contributed by atoms with Gasteiger partial charge in [0.05, 0.1) is 22.2 Å². The van der Waals surface area contributed by atoms with E-state index in [4.69, 9.17) is 9.41 Å². The summed E-state index contributed by atoms with van der Waals surface area (Å²) >= 11 is 0. The monoisotopic (exact) mass is 626 g/mol. The number of para-hydroxylation sites is 2. The van der Waals surface area contributed by atoms with Crippen molar-refractivity contribution in [2.24, 2.45) is 4.99 Å². The highest BCUT2D eigenvalue weighted by molar-refractivity contribution is 6.21. The molecule has 0 atom stereocenters. The Morgan fingerprint density at radius 1 is 0.562 bits per heavy atom. The van der Waals surface area contributed by atoms with Gasteiger partial charge in [0.1, 0.15) is 11.2 Å². The fourth-order valence-electron chi connectivity index (χ4n) is 6.30. The highest BCUT2D eigenvalue weighted by Crippen LogP contribution is 2.43. The lowest BCUT2D eigenvalue weighted by molar-refractivity contribution is 0.0696.